The Morgan fingerprint density at radius 2 is 2.02 bits per heavy atom. The molecule has 40 heavy (non-hydrogen) atoms. The summed E-state index contributed by atoms with van der Waals surface area (Å²) in [4.78, 5) is 27.8. The number of allylic oxidation sites excluding steroid dienone is 3. The van der Waals surface area contributed by atoms with Crippen LogP contribution in [0.25, 0.3) is 0 Å². The van der Waals surface area contributed by atoms with Gasteiger partial charge in [-0.25, -0.2) is 9.93 Å². The van der Waals surface area contributed by atoms with E-state index in [0.717, 1.165) is 16.7 Å². The summed E-state index contributed by atoms with van der Waals surface area (Å²) in [5, 5.41) is 18.1. The number of nitrogens with zero attached hydrogens (tertiary/aromatic N) is 3. The highest BCUT2D eigenvalue weighted by Gasteiger charge is 2.25. The smallest absolute Gasteiger partial charge is 0.259 e. The van der Waals surface area contributed by atoms with E-state index in [-0.39, 0.29) is 18.6 Å². The molecule has 2 aromatic rings. The van der Waals surface area contributed by atoms with Gasteiger partial charge >= 0.3 is 0 Å². The van der Waals surface area contributed by atoms with Crippen LogP contribution in [0.2, 0.25) is 0 Å². The van der Waals surface area contributed by atoms with Gasteiger partial charge in [-0.1, -0.05) is 18.7 Å². The number of fused-ring (bicyclic) bond motifs is 1. The van der Waals surface area contributed by atoms with Gasteiger partial charge in [-0.2, -0.15) is 0 Å². The van der Waals surface area contributed by atoms with E-state index in [1.165, 1.54) is 31.4 Å². The molecule has 1 unspecified atom stereocenters. The van der Waals surface area contributed by atoms with Gasteiger partial charge in [-0.15, -0.1) is 10.6 Å². The van der Waals surface area contributed by atoms with Crippen LogP contribution in [0.3, 0.4) is 0 Å². The second kappa shape index (κ2) is 12.6. The molecule has 2 aliphatic heterocycles. The van der Waals surface area contributed by atoms with Gasteiger partial charge in [-0.3, -0.25) is 14.6 Å². The summed E-state index contributed by atoms with van der Waals surface area (Å²) in [5.41, 5.74) is 9.31. The fourth-order valence-corrected chi connectivity index (χ4v) is 4.44. The molecule has 4 rings (SSSR count). The van der Waals surface area contributed by atoms with Crippen molar-refractivity contribution in [2.24, 2.45) is 5.10 Å². The number of methoxy groups -OCH3 is 1. The molecule has 0 aliphatic carbocycles. The number of nitrogens with one attached hydrogen (secondary N) is 3. The largest absolute Gasteiger partial charge is 0.496 e. The standard InChI is InChI=1S/C29H33FN6O4/c1-18(27-32-33-34-36(27)20(3)17-37)6-5-7-19(2)31-28(38)25-14-23-16-35(13-12-22(23)15-26(25)40-4)29(39)21-8-10-24(30)11-9-21/h5-11,14-15,20,33-34,37H,2,12-13,16-17H2,1,3-4H3,(H,31,38)/b7-5-,18-6+. The van der Waals surface area contributed by atoms with Gasteiger partial charge in [0.05, 0.1) is 25.3 Å². The maximum Gasteiger partial charge on any atom is 0.259 e. The van der Waals surface area contributed by atoms with Crippen molar-refractivity contribution in [3.63, 3.8) is 0 Å². The molecular weight excluding hydrogens is 515 g/mol. The van der Waals surface area contributed by atoms with Crippen LogP contribution >= 0.6 is 0 Å². The number of carbonyl (C=O) groups is 2. The van der Waals surface area contributed by atoms with Crippen molar-refractivity contribution in [3.8, 4) is 5.75 Å². The van der Waals surface area contributed by atoms with Crippen molar-refractivity contribution >= 4 is 17.6 Å². The van der Waals surface area contributed by atoms with Crippen LogP contribution in [-0.4, -0.2) is 59.0 Å². The van der Waals surface area contributed by atoms with Gasteiger partial charge in [0.15, 0.2) is 5.84 Å². The first-order chi connectivity index (χ1) is 19.2. The SMILES string of the molecule is C=C(/C=C\C=C(/C)C1=NNNN1C(C)CO)NC(=O)c1cc2c(cc1OC)CCN(C(=O)c1ccc(F)cc1)C2. The van der Waals surface area contributed by atoms with Gasteiger partial charge in [0.2, 0.25) is 0 Å². The summed E-state index contributed by atoms with van der Waals surface area (Å²) in [6, 6.07) is 8.85. The lowest BCUT2D eigenvalue weighted by molar-refractivity contribution is 0.0734. The second-order valence-electron chi connectivity index (χ2n) is 9.55. The first-order valence-electron chi connectivity index (χ1n) is 12.8. The maximum atomic E-state index is 13.3. The van der Waals surface area contributed by atoms with Crippen molar-refractivity contribution in [1.82, 2.24) is 26.3 Å². The van der Waals surface area contributed by atoms with Crippen molar-refractivity contribution in [3.05, 3.63) is 101 Å². The molecule has 0 radical (unpaired) electrons. The number of amidine groups is 1. The zero-order valence-electron chi connectivity index (χ0n) is 22.7. The number of amides is 2. The highest BCUT2D eigenvalue weighted by atomic mass is 19.1. The predicted molar refractivity (Wildman–Crippen MR) is 149 cm³/mol. The van der Waals surface area contributed by atoms with E-state index in [1.54, 1.807) is 28.1 Å². The van der Waals surface area contributed by atoms with Crippen LogP contribution in [0.1, 0.15) is 45.7 Å². The Balaban J connectivity index is 1.43. The summed E-state index contributed by atoms with van der Waals surface area (Å²) < 4.78 is 18.8. The lowest BCUT2D eigenvalue weighted by Gasteiger charge is -2.30. The number of ether oxygens (including phenoxy) is 1. The fourth-order valence-electron chi connectivity index (χ4n) is 4.44. The van der Waals surface area contributed by atoms with Gasteiger partial charge in [0.25, 0.3) is 11.8 Å². The fraction of sp³-hybridized carbons (Fsp3) is 0.276. The van der Waals surface area contributed by atoms with E-state index in [1.807, 2.05) is 26.0 Å². The van der Waals surface area contributed by atoms with E-state index < -0.39 is 11.7 Å². The molecule has 1 atom stereocenters. The number of hydrazone groups is 1. The number of carbonyl (C=O) groups excluding carboxylic acids is 2. The molecule has 0 aromatic heterocycles. The van der Waals surface area contributed by atoms with E-state index in [2.05, 4.69) is 28.1 Å². The molecule has 2 amide bonds. The number of benzene rings is 2. The molecule has 0 spiro atoms. The Labute approximate surface area is 232 Å². The minimum atomic E-state index is -0.400. The molecule has 2 heterocycles. The lowest BCUT2D eigenvalue weighted by Crippen LogP contribution is -2.48. The number of aliphatic hydroxyl groups is 1. The number of halogens is 1. The summed E-state index contributed by atoms with van der Waals surface area (Å²) in [5.74, 6) is 0.0703. The lowest BCUT2D eigenvalue weighted by atomic mass is 9.95. The van der Waals surface area contributed by atoms with Gasteiger partial charge < -0.3 is 20.1 Å². The Morgan fingerprint density at radius 1 is 1.27 bits per heavy atom. The first-order valence-corrected chi connectivity index (χ1v) is 12.8. The highest BCUT2D eigenvalue weighted by molar-refractivity contribution is 5.99. The zero-order chi connectivity index (χ0) is 28.8. The number of aliphatic hydroxyl groups excluding tert-OH is 1. The number of rotatable bonds is 9. The third-order valence-electron chi connectivity index (χ3n) is 6.69. The molecule has 4 N–H and O–H groups in total. The third kappa shape index (κ3) is 6.38. The highest BCUT2D eigenvalue weighted by Crippen LogP contribution is 2.29. The second-order valence-corrected chi connectivity index (χ2v) is 9.55. The first kappa shape index (κ1) is 28.5. The van der Waals surface area contributed by atoms with Crippen LogP contribution in [-0.2, 0) is 13.0 Å². The van der Waals surface area contributed by atoms with Crippen molar-refractivity contribution in [2.75, 3.05) is 20.3 Å². The van der Waals surface area contributed by atoms with Gasteiger partial charge in [-0.05, 0) is 79.4 Å². The van der Waals surface area contributed by atoms with Crippen LogP contribution in [0.5, 0.6) is 5.75 Å². The summed E-state index contributed by atoms with van der Waals surface area (Å²) in [6.07, 6.45) is 5.82. The monoisotopic (exact) mass is 548 g/mol. The maximum absolute atomic E-state index is 13.3. The number of hydrogen-bond acceptors (Lipinski definition) is 8. The zero-order valence-corrected chi connectivity index (χ0v) is 22.7. The average molecular weight is 549 g/mol. The minimum Gasteiger partial charge on any atom is -0.496 e. The van der Waals surface area contributed by atoms with Crippen molar-refractivity contribution in [2.45, 2.75) is 32.9 Å². The van der Waals surface area contributed by atoms with Crippen LogP contribution in [0.15, 0.2) is 77.6 Å². The van der Waals surface area contributed by atoms with E-state index in [4.69, 9.17) is 4.74 Å². The molecule has 0 saturated heterocycles. The van der Waals surface area contributed by atoms with Crippen molar-refractivity contribution in [1.29, 1.82) is 0 Å². The third-order valence-corrected chi connectivity index (χ3v) is 6.69. The van der Waals surface area contributed by atoms with Gasteiger partial charge in [0.1, 0.15) is 11.6 Å². The molecule has 0 fully saturated rings. The van der Waals surface area contributed by atoms with E-state index >= 15 is 0 Å². The Morgan fingerprint density at radius 3 is 2.73 bits per heavy atom. The minimum absolute atomic E-state index is 0.0472. The summed E-state index contributed by atoms with van der Waals surface area (Å²) in [6.45, 7) is 8.42. The van der Waals surface area contributed by atoms with Crippen LogP contribution in [0, 0.1) is 5.82 Å². The predicted octanol–water partition coefficient (Wildman–Crippen LogP) is 2.80. The number of hydrogen-bond donors (Lipinski definition) is 4. The Kier molecular flexibility index (Phi) is 8.97. The topological polar surface area (TPSA) is 119 Å². The van der Waals surface area contributed by atoms with Gasteiger partial charge in [0, 0.05) is 24.4 Å². The molecule has 11 heteroatoms. The quantitative estimate of drug-likeness (QED) is 0.356. The molecule has 210 valence electrons. The molecule has 2 aromatic carbocycles. The van der Waals surface area contributed by atoms with Crippen molar-refractivity contribution < 1.29 is 23.8 Å². The van der Waals surface area contributed by atoms with E-state index in [9.17, 15) is 19.1 Å². The molecular formula is C29H33FN6O4. The van der Waals surface area contributed by atoms with E-state index in [0.29, 0.717) is 47.9 Å². The Hall–Kier alpha value is -4.48. The van der Waals surface area contributed by atoms with Crippen LogP contribution < -0.4 is 21.1 Å². The number of hydrazine groups is 2. The molecule has 10 nitrogen and oxygen atoms in total. The summed E-state index contributed by atoms with van der Waals surface area (Å²) in [7, 11) is 1.50. The molecule has 0 saturated carbocycles. The summed E-state index contributed by atoms with van der Waals surface area (Å²) >= 11 is 0. The molecule has 0 bridgehead atoms. The normalized spacial score (nSPS) is 15.8. The average Bonchev–Trinajstić information content (AvgIpc) is 3.46. The van der Waals surface area contributed by atoms with Crippen LogP contribution in [0.4, 0.5) is 4.39 Å². The molecule has 2 aliphatic rings. The Bertz CT molecular complexity index is 1390.